The number of hydrogen-bond acceptors (Lipinski definition) is 0. The highest BCUT2D eigenvalue weighted by molar-refractivity contribution is 4.74. The zero-order chi connectivity index (χ0) is 8.81. The topological polar surface area (TPSA) is 19.9 Å². The van der Waals surface area contributed by atoms with Crippen LogP contribution in [-0.2, 0) is 5.11 Å². The standard InChI is InChI=1S/C11H21O/c1-2-3-4-9-11(12)10-7-5-6-8-10/h10-11H,2-9H2,1H3. The summed E-state index contributed by atoms with van der Waals surface area (Å²) in [4.78, 5) is 0. The number of rotatable bonds is 5. The van der Waals surface area contributed by atoms with Gasteiger partial charge in [0.05, 0.1) is 6.10 Å². The Bertz CT molecular complexity index is 106. The van der Waals surface area contributed by atoms with Crippen molar-refractivity contribution in [3.63, 3.8) is 0 Å². The van der Waals surface area contributed by atoms with Crippen LogP contribution in [0.25, 0.3) is 0 Å². The Labute approximate surface area is 76.2 Å². The molecule has 1 heteroatoms. The molecule has 0 aliphatic heterocycles. The van der Waals surface area contributed by atoms with Gasteiger partial charge in [0.1, 0.15) is 0 Å². The van der Waals surface area contributed by atoms with E-state index in [1.807, 2.05) is 0 Å². The van der Waals surface area contributed by atoms with Crippen molar-refractivity contribution in [3.8, 4) is 0 Å². The van der Waals surface area contributed by atoms with Gasteiger partial charge in [-0.3, -0.25) is 0 Å². The minimum Gasteiger partial charge on any atom is -0.233 e. The summed E-state index contributed by atoms with van der Waals surface area (Å²) in [6, 6.07) is 0. The van der Waals surface area contributed by atoms with E-state index in [4.69, 9.17) is 0 Å². The minimum absolute atomic E-state index is 0.237. The quantitative estimate of drug-likeness (QED) is 0.561. The zero-order valence-electron chi connectivity index (χ0n) is 8.22. The predicted molar refractivity (Wildman–Crippen MR) is 50.6 cm³/mol. The second kappa shape index (κ2) is 5.58. The minimum atomic E-state index is -0.237. The Morgan fingerprint density at radius 2 is 1.92 bits per heavy atom. The van der Waals surface area contributed by atoms with Crippen LogP contribution in [0.5, 0.6) is 0 Å². The lowest BCUT2D eigenvalue weighted by Crippen LogP contribution is -2.15. The van der Waals surface area contributed by atoms with Gasteiger partial charge in [-0.1, -0.05) is 39.0 Å². The van der Waals surface area contributed by atoms with Gasteiger partial charge < -0.3 is 0 Å². The van der Waals surface area contributed by atoms with Gasteiger partial charge in [-0.05, 0) is 25.2 Å². The fourth-order valence-corrected chi connectivity index (χ4v) is 2.16. The molecular formula is C11H21O. The molecule has 71 valence electrons. The maximum Gasteiger partial charge on any atom is 0.0958 e. The maximum atomic E-state index is 11.6. The molecule has 1 unspecified atom stereocenters. The van der Waals surface area contributed by atoms with E-state index in [-0.39, 0.29) is 6.10 Å². The molecule has 0 aromatic carbocycles. The lowest BCUT2D eigenvalue weighted by Gasteiger charge is -2.14. The van der Waals surface area contributed by atoms with Crippen molar-refractivity contribution in [1.82, 2.24) is 0 Å². The van der Waals surface area contributed by atoms with Crippen molar-refractivity contribution in [2.75, 3.05) is 0 Å². The first-order chi connectivity index (χ1) is 5.84. The molecule has 0 aromatic heterocycles. The smallest absolute Gasteiger partial charge is 0.0958 e. The Hall–Kier alpha value is -0.0400. The molecule has 1 rings (SSSR count). The van der Waals surface area contributed by atoms with Gasteiger partial charge in [0, 0.05) is 0 Å². The predicted octanol–water partition coefficient (Wildman–Crippen LogP) is 3.56. The molecule has 1 aliphatic carbocycles. The molecule has 0 aromatic rings. The molecule has 0 saturated heterocycles. The summed E-state index contributed by atoms with van der Waals surface area (Å²) in [6.07, 6.45) is 9.34. The SMILES string of the molecule is CCCCCC([O])C1CCCC1. The van der Waals surface area contributed by atoms with Crippen LogP contribution >= 0.6 is 0 Å². The van der Waals surface area contributed by atoms with Crippen molar-refractivity contribution in [3.05, 3.63) is 0 Å². The summed E-state index contributed by atoms with van der Waals surface area (Å²) in [6.45, 7) is 2.19. The molecule has 1 aliphatic rings. The van der Waals surface area contributed by atoms with E-state index in [0.717, 1.165) is 12.8 Å². The lowest BCUT2D eigenvalue weighted by molar-refractivity contribution is 0.0301. The van der Waals surface area contributed by atoms with Gasteiger partial charge in [-0.25, -0.2) is 5.11 Å². The van der Waals surface area contributed by atoms with E-state index in [1.165, 1.54) is 38.5 Å². The highest BCUT2D eigenvalue weighted by Gasteiger charge is 2.23. The molecule has 0 spiro atoms. The molecule has 1 radical (unpaired) electrons. The molecule has 0 amide bonds. The molecule has 1 saturated carbocycles. The van der Waals surface area contributed by atoms with Gasteiger partial charge in [-0.15, -0.1) is 0 Å². The summed E-state index contributed by atoms with van der Waals surface area (Å²) >= 11 is 0. The fraction of sp³-hybridized carbons (Fsp3) is 1.00. The van der Waals surface area contributed by atoms with Crippen LogP contribution in [0.1, 0.15) is 58.3 Å². The molecule has 1 fully saturated rings. The number of unbranched alkanes of at least 4 members (excludes halogenated alkanes) is 2. The van der Waals surface area contributed by atoms with Crippen molar-refractivity contribution in [2.45, 2.75) is 64.4 Å². The fourth-order valence-electron chi connectivity index (χ4n) is 2.16. The summed E-state index contributed by atoms with van der Waals surface area (Å²) < 4.78 is 0. The second-order valence-corrected chi connectivity index (χ2v) is 4.08. The highest BCUT2D eigenvalue weighted by atomic mass is 16.3. The van der Waals surface area contributed by atoms with Gasteiger partial charge in [-0.2, -0.15) is 0 Å². The summed E-state index contributed by atoms with van der Waals surface area (Å²) in [7, 11) is 0. The zero-order valence-corrected chi connectivity index (χ0v) is 8.22. The molecule has 1 nitrogen and oxygen atoms in total. The average Bonchev–Trinajstić information content (AvgIpc) is 2.56. The van der Waals surface area contributed by atoms with Crippen molar-refractivity contribution >= 4 is 0 Å². The number of hydrogen-bond donors (Lipinski definition) is 0. The summed E-state index contributed by atoms with van der Waals surface area (Å²) in [5, 5.41) is 11.6. The molecule has 12 heavy (non-hydrogen) atoms. The molecule has 0 bridgehead atoms. The average molecular weight is 169 g/mol. The van der Waals surface area contributed by atoms with Crippen LogP contribution in [0.3, 0.4) is 0 Å². The van der Waals surface area contributed by atoms with Crippen LogP contribution < -0.4 is 0 Å². The Morgan fingerprint density at radius 3 is 2.50 bits per heavy atom. The van der Waals surface area contributed by atoms with Gasteiger partial charge >= 0.3 is 0 Å². The van der Waals surface area contributed by atoms with E-state index in [1.54, 1.807) is 0 Å². The Balaban J connectivity index is 2.05. The monoisotopic (exact) mass is 169 g/mol. The van der Waals surface area contributed by atoms with E-state index >= 15 is 0 Å². The van der Waals surface area contributed by atoms with Gasteiger partial charge in [0.2, 0.25) is 0 Å². The largest absolute Gasteiger partial charge is 0.233 e. The van der Waals surface area contributed by atoms with Crippen molar-refractivity contribution < 1.29 is 5.11 Å². The van der Waals surface area contributed by atoms with Crippen LogP contribution in [0.15, 0.2) is 0 Å². The third-order valence-corrected chi connectivity index (χ3v) is 3.02. The van der Waals surface area contributed by atoms with Crippen LogP contribution in [0.2, 0.25) is 0 Å². The summed E-state index contributed by atoms with van der Waals surface area (Å²) in [5.41, 5.74) is 0. The van der Waals surface area contributed by atoms with E-state index < -0.39 is 0 Å². The van der Waals surface area contributed by atoms with E-state index in [0.29, 0.717) is 5.92 Å². The Kier molecular flexibility index (Phi) is 4.67. The first kappa shape index (κ1) is 10.0. The molecular weight excluding hydrogens is 148 g/mol. The second-order valence-electron chi connectivity index (χ2n) is 4.08. The van der Waals surface area contributed by atoms with Crippen molar-refractivity contribution in [2.24, 2.45) is 5.92 Å². The first-order valence-electron chi connectivity index (χ1n) is 5.50. The van der Waals surface area contributed by atoms with Gasteiger partial charge in [0.15, 0.2) is 0 Å². The van der Waals surface area contributed by atoms with E-state index in [9.17, 15) is 5.11 Å². The molecule has 0 heterocycles. The van der Waals surface area contributed by atoms with E-state index in [2.05, 4.69) is 6.92 Å². The lowest BCUT2D eigenvalue weighted by atomic mass is 9.96. The van der Waals surface area contributed by atoms with Crippen molar-refractivity contribution in [1.29, 1.82) is 0 Å². The highest BCUT2D eigenvalue weighted by Crippen LogP contribution is 2.29. The molecule has 0 N–H and O–H groups in total. The first-order valence-corrected chi connectivity index (χ1v) is 5.50. The normalized spacial score (nSPS) is 21.5. The third kappa shape index (κ3) is 3.14. The maximum absolute atomic E-state index is 11.6. The summed E-state index contributed by atoms with van der Waals surface area (Å²) in [5.74, 6) is 0.529. The molecule has 1 atom stereocenters. The van der Waals surface area contributed by atoms with Crippen LogP contribution in [-0.4, -0.2) is 6.10 Å². The third-order valence-electron chi connectivity index (χ3n) is 3.02. The van der Waals surface area contributed by atoms with Crippen LogP contribution in [0.4, 0.5) is 0 Å². The van der Waals surface area contributed by atoms with Crippen LogP contribution in [0, 0.1) is 5.92 Å². The van der Waals surface area contributed by atoms with Gasteiger partial charge in [0.25, 0.3) is 0 Å². The Morgan fingerprint density at radius 1 is 1.25 bits per heavy atom.